The zero-order valence-electron chi connectivity index (χ0n) is 16.7. The fourth-order valence-electron chi connectivity index (χ4n) is 2.78. The second-order valence-electron chi connectivity index (χ2n) is 6.34. The van der Waals surface area contributed by atoms with Gasteiger partial charge in [0.15, 0.2) is 0 Å². The highest BCUT2D eigenvalue weighted by molar-refractivity contribution is 7.89. The van der Waals surface area contributed by atoms with E-state index in [9.17, 15) is 13.2 Å². The minimum absolute atomic E-state index is 0.0546. The first kappa shape index (κ1) is 21.5. The Morgan fingerprint density at radius 2 is 1.70 bits per heavy atom. The van der Waals surface area contributed by atoms with Crippen molar-refractivity contribution in [1.82, 2.24) is 14.3 Å². The zero-order chi connectivity index (χ0) is 21.6. The Hall–Kier alpha value is -3.17. The van der Waals surface area contributed by atoms with Gasteiger partial charge in [0.05, 0.1) is 30.6 Å². The zero-order valence-corrected chi connectivity index (χ0v) is 17.6. The van der Waals surface area contributed by atoms with Crippen LogP contribution in [0.5, 0.6) is 11.5 Å². The second kappa shape index (κ2) is 9.55. The van der Waals surface area contributed by atoms with Crippen molar-refractivity contribution in [2.24, 2.45) is 0 Å². The number of hydrogen-bond acceptors (Lipinski definition) is 6. The largest absolute Gasteiger partial charge is 0.497 e. The highest BCUT2D eigenvalue weighted by Crippen LogP contribution is 2.19. The topological polar surface area (TPSA) is 99.5 Å². The van der Waals surface area contributed by atoms with Gasteiger partial charge in [0, 0.05) is 24.7 Å². The molecule has 0 aliphatic carbocycles. The molecule has 3 aromatic rings. The van der Waals surface area contributed by atoms with Crippen LogP contribution in [0.4, 0.5) is 0 Å². The van der Waals surface area contributed by atoms with E-state index < -0.39 is 10.0 Å². The highest BCUT2D eigenvalue weighted by Gasteiger charge is 2.13. The van der Waals surface area contributed by atoms with E-state index in [1.807, 2.05) is 19.1 Å². The van der Waals surface area contributed by atoms with Gasteiger partial charge in [-0.05, 0) is 55.5 Å². The van der Waals surface area contributed by atoms with Crippen LogP contribution in [0.2, 0.25) is 0 Å². The smallest absolute Gasteiger partial charge is 0.253 e. The van der Waals surface area contributed by atoms with Crippen molar-refractivity contribution >= 4 is 10.0 Å². The van der Waals surface area contributed by atoms with Crippen molar-refractivity contribution in [3.63, 3.8) is 0 Å². The van der Waals surface area contributed by atoms with Gasteiger partial charge in [-0.3, -0.25) is 9.36 Å². The van der Waals surface area contributed by atoms with Crippen LogP contribution in [0.1, 0.15) is 6.92 Å². The monoisotopic (exact) mass is 429 g/mol. The number of ether oxygens (including phenoxy) is 2. The van der Waals surface area contributed by atoms with Crippen LogP contribution in [0.15, 0.2) is 70.6 Å². The van der Waals surface area contributed by atoms with Gasteiger partial charge in [-0.2, -0.15) is 0 Å². The Morgan fingerprint density at radius 3 is 2.30 bits per heavy atom. The molecule has 2 aromatic carbocycles. The molecule has 0 aliphatic heterocycles. The Kier molecular flexibility index (Phi) is 6.86. The minimum Gasteiger partial charge on any atom is -0.497 e. The van der Waals surface area contributed by atoms with Gasteiger partial charge >= 0.3 is 0 Å². The molecule has 0 radical (unpaired) electrons. The summed E-state index contributed by atoms with van der Waals surface area (Å²) in [6.07, 6.45) is 1.41. The third-order valence-electron chi connectivity index (χ3n) is 4.36. The fourth-order valence-corrected chi connectivity index (χ4v) is 3.80. The molecule has 0 saturated heterocycles. The summed E-state index contributed by atoms with van der Waals surface area (Å²) in [5, 5.41) is 0. The molecule has 158 valence electrons. The second-order valence-corrected chi connectivity index (χ2v) is 8.10. The van der Waals surface area contributed by atoms with Crippen molar-refractivity contribution in [2.45, 2.75) is 18.4 Å². The quantitative estimate of drug-likeness (QED) is 0.560. The molecule has 0 amide bonds. The van der Waals surface area contributed by atoms with Crippen LogP contribution < -0.4 is 19.8 Å². The first-order valence-electron chi connectivity index (χ1n) is 9.36. The lowest BCUT2D eigenvalue weighted by Gasteiger charge is -2.10. The summed E-state index contributed by atoms with van der Waals surface area (Å²) >= 11 is 0. The van der Waals surface area contributed by atoms with E-state index >= 15 is 0 Å². The first-order valence-corrected chi connectivity index (χ1v) is 10.8. The number of nitrogens with zero attached hydrogens (tertiary/aromatic N) is 2. The Bertz CT molecular complexity index is 1140. The first-order chi connectivity index (χ1) is 14.4. The maximum absolute atomic E-state index is 12.4. The lowest BCUT2D eigenvalue weighted by Crippen LogP contribution is -2.30. The minimum atomic E-state index is -3.69. The number of rotatable bonds is 9. The normalized spacial score (nSPS) is 11.3. The standard InChI is InChI=1S/C21H23N3O5S/c1-3-29-18-8-10-19(11-9-18)30(26,27)23-12-13-24-15-22-20(14-21(24)25)16-4-6-17(28-2)7-5-16/h4-11,14-15,23H,3,12-13H2,1-2H3. The number of hydrogen-bond donors (Lipinski definition) is 1. The predicted octanol–water partition coefficient (Wildman–Crippen LogP) is 2.30. The van der Waals surface area contributed by atoms with Crippen LogP contribution in [-0.2, 0) is 16.6 Å². The van der Waals surface area contributed by atoms with Crippen LogP contribution in [0.25, 0.3) is 11.3 Å². The van der Waals surface area contributed by atoms with Crippen molar-refractivity contribution in [3.8, 4) is 22.8 Å². The van der Waals surface area contributed by atoms with E-state index in [0.717, 1.165) is 5.56 Å². The maximum Gasteiger partial charge on any atom is 0.253 e. The Labute approximate surface area is 175 Å². The number of nitrogens with one attached hydrogen (secondary N) is 1. The molecule has 0 atom stereocenters. The average Bonchev–Trinajstić information content (AvgIpc) is 2.75. The summed E-state index contributed by atoms with van der Waals surface area (Å²) < 4.78 is 39.1. The van der Waals surface area contributed by atoms with Gasteiger partial charge in [0.25, 0.3) is 5.56 Å². The van der Waals surface area contributed by atoms with Crippen molar-refractivity contribution < 1.29 is 17.9 Å². The van der Waals surface area contributed by atoms with Gasteiger partial charge in [0.1, 0.15) is 11.5 Å². The molecule has 1 heterocycles. The van der Waals surface area contributed by atoms with E-state index in [-0.39, 0.29) is 23.5 Å². The van der Waals surface area contributed by atoms with Gasteiger partial charge in [-0.15, -0.1) is 0 Å². The van der Waals surface area contributed by atoms with E-state index in [4.69, 9.17) is 9.47 Å². The average molecular weight is 429 g/mol. The molecule has 30 heavy (non-hydrogen) atoms. The maximum atomic E-state index is 12.4. The molecule has 1 aromatic heterocycles. The molecule has 9 heteroatoms. The third-order valence-corrected chi connectivity index (χ3v) is 5.83. The highest BCUT2D eigenvalue weighted by atomic mass is 32.2. The van der Waals surface area contributed by atoms with Crippen LogP contribution in [-0.4, -0.2) is 38.2 Å². The van der Waals surface area contributed by atoms with Gasteiger partial charge < -0.3 is 9.47 Å². The number of sulfonamides is 1. The molecular weight excluding hydrogens is 406 g/mol. The molecular formula is C21H23N3O5S. The number of benzene rings is 2. The Morgan fingerprint density at radius 1 is 1.03 bits per heavy atom. The van der Waals surface area contributed by atoms with Crippen molar-refractivity contribution in [3.05, 3.63) is 71.3 Å². The molecule has 0 unspecified atom stereocenters. The van der Waals surface area contributed by atoms with E-state index in [1.54, 1.807) is 31.4 Å². The molecule has 0 aliphatic rings. The fraction of sp³-hybridized carbons (Fsp3) is 0.238. The molecule has 0 saturated carbocycles. The summed E-state index contributed by atoms with van der Waals surface area (Å²) in [4.78, 5) is 16.8. The molecule has 0 spiro atoms. The summed E-state index contributed by atoms with van der Waals surface area (Å²) in [5.74, 6) is 1.32. The molecule has 3 rings (SSSR count). The summed E-state index contributed by atoms with van der Waals surface area (Å²) in [6, 6.07) is 14.8. The van der Waals surface area contributed by atoms with E-state index in [0.29, 0.717) is 23.8 Å². The molecule has 1 N–H and O–H groups in total. The summed E-state index contributed by atoms with van der Waals surface area (Å²) in [5.41, 5.74) is 1.06. The van der Waals surface area contributed by atoms with Crippen molar-refractivity contribution in [1.29, 1.82) is 0 Å². The Balaban J connectivity index is 1.63. The van der Waals surface area contributed by atoms with Crippen LogP contribution in [0.3, 0.4) is 0 Å². The summed E-state index contributed by atoms with van der Waals surface area (Å²) in [7, 11) is -2.10. The van der Waals surface area contributed by atoms with Crippen LogP contribution >= 0.6 is 0 Å². The van der Waals surface area contributed by atoms with Gasteiger partial charge in [-0.1, -0.05) is 0 Å². The van der Waals surface area contributed by atoms with Gasteiger partial charge in [-0.25, -0.2) is 18.1 Å². The van der Waals surface area contributed by atoms with Gasteiger partial charge in [0.2, 0.25) is 10.0 Å². The van der Waals surface area contributed by atoms with Crippen molar-refractivity contribution in [2.75, 3.05) is 20.3 Å². The lowest BCUT2D eigenvalue weighted by molar-refractivity contribution is 0.340. The van der Waals surface area contributed by atoms with Crippen LogP contribution in [0, 0.1) is 0 Å². The third kappa shape index (κ3) is 5.25. The summed E-state index contributed by atoms with van der Waals surface area (Å²) in [6.45, 7) is 2.57. The molecule has 0 fully saturated rings. The lowest BCUT2D eigenvalue weighted by atomic mass is 10.1. The predicted molar refractivity (Wildman–Crippen MR) is 113 cm³/mol. The van der Waals surface area contributed by atoms with E-state index in [2.05, 4.69) is 9.71 Å². The SMILES string of the molecule is CCOc1ccc(S(=O)(=O)NCCn2cnc(-c3ccc(OC)cc3)cc2=O)cc1. The number of methoxy groups -OCH3 is 1. The van der Waals surface area contributed by atoms with E-state index in [1.165, 1.54) is 29.1 Å². The molecule has 0 bridgehead atoms. The molecule has 8 nitrogen and oxygen atoms in total. The number of aromatic nitrogens is 2.